The van der Waals surface area contributed by atoms with Gasteiger partial charge in [-0.25, -0.2) is 13.8 Å². The Labute approximate surface area is 216 Å². The fourth-order valence-electron chi connectivity index (χ4n) is 4.35. The highest BCUT2D eigenvalue weighted by Crippen LogP contribution is 2.30. The Kier molecular flexibility index (Phi) is 7.71. The number of likely N-dealkylation sites (tertiary alicyclic amines) is 1. The lowest BCUT2D eigenvalue weighted by molar-refractivity contribution is -0.127. The molecule has 4 rings (SSSR count). The van der Waals surface area contributed by atoms with Crippen molar-refractivity contribution in [1.29, 1.82) is 5.26 Å². The Morgan fingerprint density at radius 2 is 2.08 bits per heavy atom. The van der Waals surface area contributed by atoms with Gasteiger partial charge in [0.1, 0.15) is 11.6 Å². The summed E-state index contributed by atoms with van der Waals surface area (Å²) in [5, 5.41) is 21.9. The van der Waals surface area contributed by atoms with E-state index in [9.17, 15) is 28.7 Å². The summed E-state index contributed by atoms with van der Waals surface area (Å²) in [5.41, 5.74) is 0.631. The maximum absolute atomic E-state index is 13.3. The van der Waals surface area contributed by atoms with Crippen molar-refractivity contribution in [2.45, 2.75) is 45.7 Å². The van der Waals surface area contributed by atoms with E-state index in [0.717, 1.165) is 23.3 Å². The van der Waals surface area contributed by atoms with Crippen LogP contribution in [-0.4, -0.2) is 50.6 Å². The lowest BCUT2D eigenvalue weighted by Gasteiger charge is -2.26. The number of nitrogens with zero attached hydrogens (tertiary/aromatic N) is 4. The lowest BCUT2D eigenvalue weighted by atomic mass is 9.91. The van der Waals surface area contributed by atoms with Crippen LogP contribution < -0.4 is 5.32 Å². The van der Waals surface area contributed by atoms with Gasteiger partial charge in [-0.2, -0.15) is 5.26 Å². The molecule has 2 amide bonds. The van der Waals surface area contributed by atoms with E-state index in [1.54, 1.807) is 29.4 Å². The van der Waals surface area contributed by atoms with Crippen LogP contribution in [0.2, 0.25) is 0 Å². The van der Waals surface area contributed by atoms with Gasteiger partial charge in [0.25, 0.3) is 18.2 Å². The predicted molar refractivity (Wildman–Crippen MR) is 136 cm³/mol. The number of aliphatic hydroxyl groups excluding tert-OH is 1. The summed E-state index contributed by atoms with van der Waals surface area (Å²) < 4.78 is 27.8. The van der Waals surface area contributed by atoms with Crippen LogP contribution in [0.5, 0.6) is 0 Å². The Balaban J connectivity index is 1.62. The summed E-state index contributed by atoms with van der Waals surface area (Å²) in [4.78, 5) is 32.3. The fraction of sp³-hybridized carbons (Fsp3) is 0.385. The molecule has 0 spiro atoms. The fourth-order valence-corrected chi connectivity index (χ4v) is 5.11. The third-order valence-electron chi connectivity index (χ3n) is 6.27. The van der Waals surface area contributed by atoms with Gasteiger partial charge in [0, 0.05) is 18.5 Å². The third kappa shape index (κ3) is 5.70. The number of aromatic nitrogens is 2. The summed E-state index contributed by atoms with van der Waals surface area (Å²) in [6, 6.07) is 11.6. The summed E-state index contributed by atoms with van der Waals surface area (Å²) >= 11 is 0.724. The zero-order valence-corrected chi connectivity index (χ0v) is 21.3. The number of imidazole rings is 1. The summed E-state index contributed by atoms with van der Waals surface area (Å²) in [6.45, 7) is 4.06. The Bertz CT molecular complexity index is 1390. The third-order valence-corrected chi connectivity index (χ3v) is 7.36. The first-order valence-corrected chi connectivity index (χ1v) is 12.6. The number of halogens is 2. The second-order valence-electron chi connectivity index (χ2n) is 9.60. The largest absolute Gasteiger partial charge is 0.395 e. The number of anilines is 1. The zero-order chi connectivity index (χ0) is 26.7. The molecular formula is C26H27F2N5O3S. The maximum atomic E-state index is 13.3. The number of para-hydroxylation sites is 2. The van der Waals surface area contributed by atoms with Crippen LogP contribution in [0.1, 0.15) is 47.7 Å². The van der Waals surface area contributed by atoms with Gasteiger partial charge in [-0.1, -0.05) is 32.1 Å². The van der Waals surface area contributed by atoms with Crippen LogP contribution in [0.15, 0.2) is 48.0 Å². The van der Waals surface area contributed by atoms with Crippen molar-refractivity contribution in [2.24, 2.45) is 5.41 Å². The molecule has 1 aliphatic heterocycles. The molecule has 0 saturated carbocycles. The summed E-state index contributed by atoms with van der Waals surface area (Å²) in [6.07, 6.45) is 0.282. The molecule has 0 unspecified atom stereocenters. The second kappa shape index (κ2) is 10.8. The van der Waals surface area contributed by atoms with Crippen molar-refractivity contribution in [3.8, 4) is 6.07 Å². The number of amides is 2. The van der Waals surface area contributed by atoms with Gasteiger partial charge >= 0.3 is 0 Å². The van der Waals surface area contributed by atoms with Crippen LogP contribution >= 0.6 is 11.3 Å². The zero-order valence-electron chi connectivity index (χ0n) is 20.4. The summed E-state index contributed by atoms with van der Waals surface area (Å²) in [5.74, 6) is -0.705. The average Bonchev–Trinajstić information content (AvgIpc) is 3.62. The number of hydrogen-bond acceptors (Lipinski definition) is 6. The number of aliphatic hydroxyl groups is 1. The summed E-state index contributed by atoms with van der Waals surface area (Å²) in [7, 11) is 0. The van der Waals surface area contributed by atoms with Gasteiger partial charge in [-0.15, -0.1) is 11.3 Å². The SMILES string of the molecule is CC(C)(/C=C(\C#N)C(=O)N1CCC[C@@H]1Cn1c(NC(=O)c2ccc(C(F)F)s2)nc2ccccc21)CO. The Morgan fingerprint density at radius 3 is 2.76 bits per heavy atom. The van der Waals surface area contributed by atoms with Crippen LogP contribution in [-0.2, 0) is 11.3 Å². The van der Waals surface area contributed by atoms with E-state index in [4.69, 9.17) is 0 Å². The smallest absolute Gasteiger partial charge is 0.272 e. The second-order valence-corrected chi connectivity index (χ2v) is 10.7. The molecule has 194 valence electrons. The van der Waals surface area contributed by atoms with E-state index < -0.39 is 23.7 Å². The molecule has 0 radical (unpaired) electrons. The van der Waals surface area contributed by atoms with E-state index in [-0.39, 0.29) is 33.9 Å². The number of thiophene rings is 1. The van der Waals surface area contributed by atoms with Crippen LogP contribution in [0.25, 0.3) is 11.0 Å². The highest BCUT2D eigenvalue weighted by molar-refractivity contribution is 7.14. The van der Waals surface area contributed by atoms with Crippen molar-refractivity contribution in [3.05, 3.63) is 57.8 Å². The first-order chi connectivity index (χ1) is 17.6. The quantitative estimate of drug-likeness (QED) is 0.325. The van der Waals surface area contributed by atoms with Gasteiger partial charge in [0.05, 0.1) is 33.4 Å². The van der Waals surface area contributed by atoms with Crippen molar-refractivity contribution >= 4 is 40.1 Å². The van der Waals surface area contributed by atoms with E-state index >= 15 is 0 Å². The number of benzene rings is 1. The minimum Gasteiger partial charge on any atom is -0.395 e. The predicted octanol–water partition coefficient (Wildman–Crippen LogP) is 4.75. The van der Waals surface area contributed by atoms with Gasteiger partial charge in [0.2, 0.25) is 5.95 Å². The number of fused-ring (bicyclic) bond motifs is 1. The number of hydrogen-bond donors (Lipinski definition) is 2. The molecule has 3 heterocycles. The molecule has 1 saturated heterocycles. The van der Waals surface area contributed by atoms with Crippen molar-refractivity contribution < 1.29 is 23.5 Å². The average molecular weight is 528 g/mol. The van der Waals surface area contributed by atoms with Crippen molar-refractivity contribution in [1.82, 2.24) is 14.5 Å². The number of alkyl halides is 2. The molecular weight excluding hydrogens is 500 g/mol. The monoisotopic (exact) mass is 527 g/mol. The molecule has 1 atom stereocenters. The molecule has 11 heteroatoms. The van der Waals surface area contributed by atoms with E-state index in [1.165, 1.54) is 18.2 Å². The minimum atomic E-state index is -2.66. The van der Waals surface area contributed by atoms with Crippen molar-refractivity contribution in [2.75, 3.05) is 18.5 Å². The molecule has 1 aromatic carbocycles. The van der Waals surface area contributed by atoms with Crippen LogP contribution in [0.3, 0.4) is 0 Å². The first-order valence-electron chi connectivity index (χ1n) is 11.8. The normalized spacial score (nSPS) is 16.4. The van der Waals surface area contributed by atoms with Gasteiger partial charge in [-0.05, 0) is 37.1 Å². The maximum Gasteiger partial charge on any atom is 0.272 e. The number of carbonyl (C=O) groups excluding carboxylic acids is 2. The molecule has 0 aliphatic carbocycles. The Morgan fingerprint density at radius 1 is 1.32 bits per heavy atom. The molecule has 1 aliphatic rings. The van der Waals surface area contributed by atoms with Crippen LogP contribution in [0.4, 0.5) is 14.7 Å². The molecule has 8 nitrogen and oxygen atoms in total. The Hall–Kier alpha value is -3.62. The van der Waals surface area contributed by atoms with Gasteiger partial charge < -0.3 is 14.6 Å². The number of nitrogens with one attached hydrogen (secondary N) is 1. The molecule has 0 bridgehead atoms. The van der Waals surface area contributed by atoms with Gasteiger partial charge in [-0.3, -0.25) is 14.9 Å². The van der Waals surface area contributed by atoms with E-state index in [0.29, 0.717) is 25.0 Å². The van der Waals surface area contributed by atoms with E-state index in [2.05, 4.69) is 10.3 Å². The molecule has 1 fully saturated rings. The lowest BCUT2D eigenvalue weighted by Crippen LogP contribution is -2.39. The first kappa shape index (κ1) is 26.4. The standard InChI is InChI=1S/C26H27F2N5O3S/c1-26(2,15-34)12-16(13-29)24(36)32-11-5-6-17(32)14-33-19-8-4-3-7-18(19)30-25(33)31-23(35)21-10-9-20(37-21)22(27)28/h3-4,7-10,12,17,22,34H,5-6,11,14-15H2,1-2H3,(H,30,31,35)/b16-12+/t17-/m1/s1. The van der Waals surface area contributed by atoms with Crippen LogP contribution in [0, 0.1) is 16.7 Å². The number of nitriles is 1. The van der Waals surface area contributed by atoms with Crippen molar-refractivity contribution in [3.63, 3.8) is 0 Å². The molecule has 2 aromatic heterocycles. The molecule has 2 N–H and O–H groups in total. The number of rotatable bonds is 8. The van der Waals surface area contributed by atoms with Gasteiger partial charge in [0.15, 0.2) is 0 Å². The topological polar surface area (TPSA) is 111 Å². The minimum absolute atomic E-state index is 0.0255. The highest BCUT2D eigenvalue weighted by Gasteiger charge is 2.33. The highest BCUT2D eigenvalue weighted by atomic mass is 32.1. The molecule has 3 aromatic rings. The molecule has 37 heavy (non-hydrogen) atoms. The number of carbonyl (C=O) groups is 2. The van der Waals surface area contributed by atoms with E-state index in [1.807, 2.05) is 24.3 Å².